The van der Waals surface area contributed by atoms with Gasteiger partial charge in [0.1, 0.15) is 0 Å². The van der Waals surface area contributed by atoms with E-state index in [0.717, 1.165) is 47.5 Å². The number of rotatable bonds is 8. The Kier molecular flexibility index (Phi) is 8.01. The summed E-state index contributed by atoms with van der Waals surface area (Å²) in [6.07, 6.45) is 4.29. The number of nitrogens with one attached hydrogen (secondary N) is 1. The highest BCUT2D eigenvalue weighted by Crippen LogP contribution is 2.48. The molecule has 2 unspecified atom stereocenters. The van der Waals surface area contributed by atoms with Gasteiger partial charge in [0.15, 0.2) is 17.3 Å². The minimum absolute atomic E-state index is 0.00391. The van der Waals surface area contributed by atoms with Crippen molar-refractivity contribution < 1.29 is 19.1 Å². The lowest BCUT2D eigenvalue weighted by molar-refractivity contribution is -0.119. The molecule has 0 fully saturated rings. The summed E-state index contributed by atoms with van der Waals surface area (Å²) >= 11 is 0. The number of allylic oxidation sites excluding steroid dienone is 1. The lowest BCUT2D eigenvalue weighted by Gasteiger charge is -2.35. The number of hydrogen-bond acceptors (Lipinski definition) is 5. The molecule has 3 aromatic carbocycles. The molecule has 202 valence electrons. The molecule has 0 radical (unpaired) electrons. The number of ether oxygens (including phenoxy) is 2. The number of carbonyl (C=O) groups excluding carboxylic acids is 2. The molecule has 5 rings (SSSR count). The lowest BCUT2D eigenvalue weighted by Crippen LogP contribution is -2.38. The molecule has 2 atom stereocenters. The Morgan fingerprint density at radius 2 is 1.64 bits per heavy atom. The Hall–Kier alpha value is -4.06. The van der Waals surface area contributed by atoms with Crippen molar-refractivity contribution in [1.82, 2.24) is 0 Å². The monoisotopic (exact) mass is 524 g/mol. The van der Waals surface area contributed by atoms with E-state index in [9.17, 15) is 9.59 Å². The highest BCUT2D eigenvalue weighted by molar-refractivity contribution is 6.06. The molecule has 1 aliphatic carbocycles. The van der Waals surface area contributed by atoms with Crippen LogP contribution < -0.4 is 19.7 Å². The van der Waals surface area contributed by atoms with Crippen molar-refractivity contribution in [2.75, 3.05) is 24.4 Å². The van der Waals surface area contributed by atoms with Crippen molar-refractivity contribution in [1.29, 1.82) is 0 Å². The normalized spacial score (nSPS) is 18.5. The molecular formula is C33H36N2O4. The van der Waals surface area contributed by atoms with Crippen molar-refractivity contribution in [3.8, 4) is 11.5 Å². The van der Waals surface area contributed by atoms with Crippen LogP contribution in [-0.2, 0) is 9.59 Å². The molecule has 2 aliphatic rings. The fourth-order valence-corrected chi connectivity index (χ4v) is 5.81. The van der Waals surface area contributed by atoms with E-state index in [4.69, 9.17) is 9.47 Å². The van der Waals surface area contributed by atoms with Crippen LogP contribution in [0.4, 0.5) is 11.4 Å². The highest BCUT2D eigenvalue weighted by Gasteiger charge is 2.41. The fraction of sp³-hybridized carbons (Fsp3) is 0.333. The van der Waals surface area contributed by atoms with Gasteiger partial charge >= 0.3 is 0 Å². The summed E-state index contributed by atoms with van der Waals surface area (Å²) in [4.78, 5) is 30.0. The third-order valence-electron chi connectivity index (χ3n) is 7.75. The van der Waals surface area contributed by atoms with E-state index in [2.05, 4.69) is 24.4 Å². The van der Waals surface area contributed by atoms with Crippen LogP contribution in [0.1, 0.15) is 68.5 Å². The number of methoxy groups -OCH3 is 2. The summed E-state index contributed by atoms with van der Waals surface area (Å²) in [7, 11) is 3.20. The van der Waals surface area contributed by atoms with E-state index in [-0.39, 0.29) is 17.6 Å². The number of ketones is 1. The van der Waals surface area contributed by atoms with E-state index >= 15 is 0 Å². The molecule has 6 heteroatoms. The Morgan fingerprint density at radius 1 is 0.897 bits per heavy atom. The molecule has 1 aliphatic heterocycles. The van der Waals surface area contributed by atoms with Gasteiger partial charge in [0.05, 0.1) is 31.6 Å². The summed E-state index contributed by atoms with van der Waals surface area (Å²) in [6, 6.07) is 23.1. The summed E-state index contributed by atoms with van der Waals surface area (Å²) in [6.45, 7) is 2.13. The summed E-state index contributed by atoms with van der Waals surface area (Å²) in [5.74, 6) is 1.28. The summed E-state index contributed by atoms with van der Waals surface area (Å²) < 4.78 is 11.1. The van der Waals surface area contributed by atoms with E-state index in [1.54, 1.807) is 14.2 Å². The average molecular weight is 525 g/mol. The largest absolute Gasteiger partial charge is 0.493 e. The van der Waals surface area contributed by atoms with Crippen molar-refractivity contribution in [3.63, 3.8) is 0 Å². The SMILES string of the molecule is CCCCCC(=O)N1c2ccccc2NC2=C(C(=O)CC(c3ccccc3)C2)C1c1ccc(OC)c(OC)c1. The quantitative estimate of drug-likeness (QED) is 0.316. The van der Waals surface area contributed by atoms with Gasteiger partial charge in [-0.3, -0.25) is 14.5 Å². The van der Waals surface area contributed by atoms with Gasteiger partial charge in [-0.15, -0.1) is 0 Å². The van der Waals surface area contributed by atoms with Crippen LogP contribution in [0.2, 0.25) is 0 Å². The number of para-hydroxylation sites is 2. The molecule has 0 bridgehead atoms. The zero-order chi connectivity index (χ0) is 27.4. The minimum Gasteiger partial charge on any atom is -0.493 e. The highest BCUT2D eigenvalue weighted by atomic mass is 16.5. The second-order valence-electron chi connectivity index (χ2n) is 10.2. The standard InChI is InChI=1S/C33H36N2O4/c1-4-5-7-16-31(37)35-27-15-11-10-14-25(27)34-26-19-24(22-12-8-6-9-13-22)20-28(36)32(26)33(35)23-17-18-29(38-2)30(21-23)39-3/h6,8-15,17-18,21,24,33-34H,4-5,7,16,19-20H2,1-3H3. The Morgan fingerprint density at radius 3 is 2.38 bits per heavy atom. The van der Waals surface area contributed by atoms with Crippen LogP contribution in [0.15, 0.2) is 84.1 Å². The number of hydrogen-bond donors (Lipinski definition) is 1. The smallest absolute Gasteiger partial charge is 0.227 e. The predicted octanol–water partition coefficient (Wildman–Crippen LogP) is 7.18. The molecule has 0 saturated heterocycles. The van der Waals surface area contributed by atoms with E-state index in [1.807, 2.05) is 65.6 Å². The maximum Gasteiger partial charge on any atom is 0.227 e. The van der Waals surface area contributed by atoms with Gasteiger partial charge in [-0.25, -0.2) is 0 Å². The third kappa shape index (κ3) is 5.29. The molecule has 3 aromatic rings. The molecule has 39 heavy (non-hydrogen) atoms. The predicted molar refractivity (Wildman–Crippen MR) is 154 cm³/mol. The van der Waals surface area contributed by atoms with Crippen LogP contribution in [0.25, 0.3) is 0 Å². The molecule has 0 saturated carbocycles. The van der Waals surface area contributed by atoms with E-state index in [0.29, 0.717) is 36.3 Å². The number of Topliss-reactive ketones (excluding diaryl/α,β-unsaturated/α-hetero) is 1. The summed E-state index contributed by atoms with van der Waals surface area (Å²) in [5, 5.41) is 3.60. The van der Waals surface area contributed by atoms with Crippen molar-refractivity contribution in [2.24, 2.45) is 0 Å². The Balaban J connectivity index is 1.69. The van der Waals surface area contributed by atoms with Crippen LogP contribution in [0, 0.1) is 0 Å². The fourth-order valence-electron chi connectivity index (χ4n) is 5.81. The topological polar surface area (TPSA) is 67.9 Å². The van der Waals surface area contributed by atoms with Gasteiger partial charge in [-0.2, -0.15) is 0 Å². The summed E-state index contributed by atoms with van der Waals surface area (Å²) in [5.41, 5.74) is 5.09. The first-order valence-electron chi connectivity index (χ1n) is 13.8. The van der Waals surface area contributed by atoms with Crippen molar-refractivity contribution in [3.05, 3.63) is 95.2 Å². The molecule has 0 spiro atoms. The van der Waals surface area contributed by atoms with Crippen molar-refractivity contribution >= 4 is 23.1 Å². The van der Waals surface area contributed by atoms with Gasteiger partial charge < -0.3 is 14.8 Å². The second-order valence-corrected chi connectivity index (χ2v) is 10.2. The first-order valence-corrected chi connectivity index (χ1v) is 13.8. The number of nitrogens with zero attached hydrogens (tertiary/aromatic N) is 1. The van der Waals surface area contributed by atoms with E-state index in [1.165, 1.54) is 0 Å². The zero-order valence-corrected chi connectivity index (χ0v) is 22.9. The molecule has 0 aromatic heterocycles. The first-order chi connectivity index (χ1) is 19.0. The van der Waals surface area contributed by atoms with Crippen LogP contribution in [0.3, 0.4) is 0 Å². The van der Waals surface area contributed by atoms with E-state index < -0.39 is 6.04 Å². The van der Waals surface area contributed by atoms with Crippen LogP contribution >= 0.6 is 0 Å². The number of fused-ring (bicyclic) bond motifs is 1. The maximum absolute atomic E-state index is 14.1. The first kappa shape index (κ1) is 26.5. The molecular weight excluding hydrogens is 488 g/mol. The molecule has 1 amide bonds. The zero-order valence-electron chi connectivity index (χ0n) is 22.9. The van der Waals surface area contributed by atoms with Crippen molar-refractivity contribution in [2.45, 2.75) is 57.4 Å². The number of amides is 1. The van der Waals surface area contributed by atoms with Gasteiger partial charge in [-0.05, 0) is 54.2 Å². The number of unbranched alkanes of at least 4 members (excludes halogenated alkanes) is 2. The minimum atomic E-state index is -0.589. The van der Waals surface area contributed by atoms with Crippen LogP contribution in [0.5, 0.6) is 11.5 Å². The molecule has 1 heterocycles. The number of anilines is 2. The second kappa shape index (κ2) is 11.8. The average Bonchev–Trinajstić information content (AvgIpc) is 3.12. The van der Waals surface area contributed by atoms with Gasteiger partial charge in [0.25, 0.3) is 0 Å². The third-order valence-corrected chi connectivity index (χ3v) is 7.75. The maximum atomic E-state index is 14.1. The van der Waals surface area contributed by atoms with Gasteiger partial charge in [0, 0.05) is 24.1 Å². The lowest BCUT2D eigenvalue weighted by atomic mass is 9.78. The molecule has 1 N–H and O–H groups in total. The molecule has 6 nitrogen and oxygen atoms in total. The van der Waals surface area contributed by atoms with Gasteiger partial charge in [0.2, 0.25) is 5.91 Å². The Labute approximate surface area is 230 Å². The Bertz CT molecular complexity index is 1380. The van der Waals surface area contributed by atoms with Crippen LogP contribution in [-0.4, -0.2) is 25.9 Å². The van der Waals surface area contributed by atoms with Gasteiger partial charge in [-0.1, -0.05) is 68.3 Å². The number of carbonyl (C=O) groups is 2. The number of benzene rings is 3.